The standard InChI is InChI=1S/C29H32NS.C5H8O2.Ir/c1-18-9-19(2)11-20(10-18)25-16-27-22(17-30-25)14-26(31-27)21-12-23(28(3,4)5)15-24(13-21)29(6,7)8;1-4(6)3-5(2)7;/h9-10,12-17H,1-8H3;3,6H,1-2H3;/q-1;;/b;4-3-;. The van der Waals surface area contributed by atoms with Crippen molar-refractivity contribution in [1.29, 1.82) is 0 Å². The van der Waals surface area contributed by atoms with E-state index >= 15 is 0 Å². The van der Waals surface area contributed by atoms with Gasteiger partial charge in [0.1, 0.15) is 0 Å². The molecule has 2 heterocycles. The van der Waals surface area contributed by atoms with Crippen LogP contribution in [0.2, 0.25) is 0 Å². The van der Waals surface area contributed by atoms with E-state index in [0.29, 0.717) is 0 Å². The first-order chi connectivity index (χ1) is 17.5. The van der Waals surface area contributed by atoms with Crippen LogP contribution in [0.3, 0.4) is 0 Å². The van der Waals surface area contributed by atoms with Crippen LogP contribution in [0.25, 0.3) is 31.8 Å². The number of ketones is 1. The quantitative estimate of drug-likeness (QED) is 0.130. The SMILES string of the molecule is CC(=O)/C=C(/C)O.Cc1[c-]c(-c2cc3sc(-c4cc(C(C)(C)C)cc(C(C)(C)C)c4)cc3cn2)cc(C)c1.[Ir]. The Morgan fingerprint density at radius 1 is 0.897 bits per heavy atom. The zero-order valence-corrected chi connectivity index (χ0v) is 28.0. The molecule has 0 aliphatic rings. The number of nitrogens with zero attached hydrogens (tertiary/aromatic N) is 1. The summed E-state index contributed by atoms with van der Waals surface area (Å²) in [4.78, 5) is 16.1. The van der Waals surface area contributed by atoms with Crippen molar-refractivity contribution >= 4 is 27.2 Å². The molecular weight excluding hydrogens is 679 g/mol. The summed E-state index contributed by atoms with van der Waals surface area (Å²) in [6.07, 6.45) is 3.18. The van der Waals surface area contributed by atoms with Gasteiger partial charge in [-0.15, -0.1) is 46.2 Å². The molecule has 4 rings (SSSR count). The number of thiophene rings is 1. The topological polar surface area (TPSA) is 50.2 Å². The number of pyridine rings is 1. The van der Waals surface area contributed by atoms with Crippen molar-refractivity contribution in [2.24, 2.45) is 0 Å². The Balaban J connectivity index is 0.000000592. The van der Waals surface area contributed by atoms with Gasteiger partial charge in [0.15, 0.2) is 5.78 Å². The fourth-order valence-corrected chi connectivity index (χ4v) is 5.24. The molecule has 0 spiro atoms. The summed E-state index contributed by atoms with van der Waals surface area (Å²) >= 11 is 1.85. The maximum atomic E-state index is 10.0. The Morgan fingerprint density at radius 2 is 1.49 bits per heavy atom. The Morgan fingerprint density at radius 3 is 1.95 bits per heavy atom. The molecule has 0 aliphatic carbocycles. The van der Waals surface area contributed by atoms with Crippen LogP contribution in [-0.4, -0.2) is 15.9 Å². The van der Waals surface area contributed by atoms with Crippen molar-refractivity contribution in [2.45, 2.75) is 80.1 Å². The molecule has 0 saturated carbocycles. The maximum Gasteiger partial charge on any atom is 0.155 e. The van der Waals surface area contributed by atoms with Crippen LogP contribution in [0.4, 0.5) is 0 Å². The molecular formula is C34H40IrNO2S-. The molecule has 0 amide bonds. The van der Waals surface area contributed by atoms with E-state index in [4.69, 9.17) is 10.1 Å². The second kappa shape index (κ2) is 12.7. The number of hydrogen-bond donors (Lipinski definition) is 1. The van der Waals surface area contributed by atoms with Crippen LogP contribution < -0.4 is 0 Å². The van der Waals surface area contributed by atoms with Gasteiger partial charge < -0.3 is 10.1 Å². The van der Waals surface area contributed by atoms with Gasteiger partial charge in [0.25, 0.3) is 0 Å². The molecule has 0 fully saturated rings. The molecule has 1 radical (unpaired) electrons. The zero-order valence-electron chi connectivity index (χ0n) is 24.7. The number of hydrogen-bond acceptors (Lipinski definition) is 4. The third-order valence-electron chi connectivity index (χ3n) is 6.19. The van der Waals surface area contributed by atoms with Gasteiger partial charge in [-0.1, -0.05) is 67.5 Å². The molecule has 2 aromatic heterocycles. The Bertz CT molecular complexity index is 1440. The monoisotopic (exact) mass is 719 g/mol. The fourth-order valence-electron chi connectivity index (χ4n) is 4.19. The average molecular weight is 719 g/mol. The summed E-state index contributed by atoms with van der Waals surface area (Å²) in [6, 6.07) is 19.4. The van der Waals surface area contributed by atoms with E-state index in [2.05, 4.69) is 104 Å². The van der Waals surface area contributed by atoms with Crippen LogP contribution in [0.1, 0.15) is 77.6 Å². The Labute approximate surface area is 251 Å². The zero-order chi connectivity index (χ0) is 28.4. The summed E-state index contributed by atoms with van der Waals surface area (Å²) in [5, 5.41) is 9.56. The first kappa shape index (κ1) is 32.6. The molecule has 0 unspecified atom stereocenters. The van der Waals surface area contributed by atoms with Gasteiger partial charge in [-0.3, -0.25) is 4.79 Å². The predicted molar refractivity (Wildman–Crippen MR) is 163 cm³/mol. The van der Waals surface area contributed by atoms with Crippen molar-refractivity contribution in [2.75, 3.05) is 0 Å². The third kappa shape index (κ3) is 8.96. The van der Waals surface area contributed by atoms with E-state index < -0.39 is 0 Å². The summed E-state index contributed by atoms with van der Waals surface area (Å²) in [5.41, 5.74) is 8.75. The molecule has 3 nitrogen and oxygen atoms in total. The number of aliphatic hydroxyl groups is 1. The van der Waals surface area contributed by atoms with Gasteiger partial charge in [-0.25, -0.2) is 0 Å². The van der Waals surface area contributed by atoms with Crippen LogP contribution in [0.5, 0.6) is 0 Å². The molecule has 0 bridgehead atoms. The van der Waals surface area contributed by atoms with Gasteiger partial charge in [0.2, 0.25) is 0 Å². The van der Waals surface area contributed by atoms with E-state index in [1.807, 2.05) is 17.5 Å². The van der Waals surface area contributed by atoms with Gasteiger partial charge in [-0.2, -0.15) is 0 Å². The van der Waals surface area contributed by atoms with E-state index in [1.165, 1.54) is 57.1 Å². The smallest absolute Gasteiger partial charge is 0.155 e. The van der Waals surface area contributed by atoms with Crippen LogP contribution in [0.15, 0.2) is 60.5 Å². The first-order valence-electron chi connectivity index (χ1n) is 13.0. The van der Waals surface area contributed by atoms with Gasteiger partial charge in [0.05, 0.1) is 5.76 Å². The van der Waals surface area contributed by atoms with Crippen molar-refractivity contribution < 1.29 is 30.0 Å². The molecule has 0 saturated heterocycles. The number of aryl methyl sites for hydroxylation is 2. The van der Waals surface area contributed by atoms with E-state index in [1.54, 1.807) is 0 Å². The second-order valence-electron chi connectivity index (χ2n) is 12.2. The molecule has 209 valence electrons. The minimum atomic E-state index is -0.125. The van der Waals surface area contributed by atoms with Crippen molar-refractivity contribution in [3.8, 4) is 21.7 Å². The molecule has 5 heteroatoms. The molecule has 39 heavy (non-hydrogen) atoms. The van der Waals surface area contributed by atoms with Crippen LogP contribution in [0, 0.1) is 19.9 Å². The number of carbonyl (C=O) groups excluding carboxylic acids is 1. The summed E-state index contributed by atoms with van der Waals surface area (Å²) in [6.45, 7) is 20.8. The van der Waals surface area contributed by atoms with Crippen LogP contribution >= 0.6 is 11.3 Å². The first-order valence-corrected chi connectivity index (χ1v) is 13.8. The number of carbonyl (C=O) groups is 1. The largest absolute Gasteiger partial charge is 0.512 e. The predicted octanol–water partition coefficient (Wildman–Crippen LogP) is 9.68. The molecule has 0 atom stereocenters. The number of aromatic nitrogens is 1. The number of aliphatic hydroxyl groups excluding tert-OH is 1. The number of fused-ring (bicyclic) bond motifs is 1. The van der Waals surface area contributed by atoms with Crippen molar-refractivity contribution in [3.63, 3.8) is 0 Å². The summed E-state index contributed by atoms with van der Waals surface area (Å²) in [7, 11) is 0. The second-order valence-corrected chi connectivity index (χ2v) is 13.3. The number of allylic oxidation sites excluding steroid dienone is 2. The minimum absolute atomic E-state index is 0. The Hall–Kier alpha value is -2.59. The normalized spacial score (nSPS) is 12.0. The molecule has 0 aliphatic heterocycles. The summed E-state index contributed by atoms with van der Waals surface area (Å²) in [5.74, 6) is -0.0625. The molecule has 2 aromatic carbocycles. The van der Waals surface area contributed by atoms with E-state index in [0.717, 1.165) is 16.8 Å². The molecule has 4 aromatic rings. The van der Waals surface area contributed by atoms with E-state index in [-0.39, 0.29) is 42.5 Å². The van der Waals surface area contributed by atoms with Gasteiger partial charge >= 0.3 is 0 Å². The molecule has 1 N–H and O–H groups in total. The number of benzene rings is 2. The van der Waals surface area contributed by atoms with E-state index in [9.17, 15) is 4.79 Å². The number of rotatable bonds is 3. The average Bonchev–Trinajstić information content (AvgIpc) is 3.20. The fraction of sp³-hybridized carbons (Fsp3) is 0.353. The minimum Gasteiger partial charge on any atom is -0.512 e. The van der Waals surface area contributed by atoms with Crippen molar-refractivity contribution in [3.05, 3.63) is 88.8 Å². The van der Waals surface area contributed by atoms with Crippen LogP contribution in [-0.2, 0) is 35.7 Å². The summed E-state index contributed by atoms with van der Waals surface area (Å²) < 4.78 is 1.27. The van der Waals surface area contributed by atoms with Gasteiger partial charge in [0, 0.05) is 47.3 Å². The van der Waals surface area contributed by atoms with Crippen molar-refractivity contribution in [1.82, 2.24) is 4.98 Å². The maximum absolute atomic E-state index is 10.0. The third-order valence-corrected chi connectivity index (χ3v) is 7.33. The Kier molecular flexibility index (Phi) is 10.6. The van der Waals surface area contributed by atoms with Gasteiger partial charge in [-0.05, 0) is 65.3 Å².